The van der Waals surface area contributed by atoms with Crippen LogP contribution in [0.3, 0.4) is 0 Å². The van der Waals surface area contributed by atoms with Gasteiger partial charge < -0.3 is 4.42 Å². The van der Waals surface area contributed by atoms with Gasteiger partial charge in [-0.1, -0.05) is 105 Å². The summed E-state index contributed by atoms with van der Waals surface area (Å²) >= 11 is 0. The van der Waals surface area contributed by atoms with Gasteiger partial charge in [0.1, 0.15) is 5.58 Å². The van der Waals surface area contributed by atoms with E-state index in [0.717, 1.165) is 66.2 Å². The van der Waals surface area contributed by atoms with Crippen molar-refractivity contribution < 1.29 is 4.42 Å². The maximum Gasteiger partial charge on any atom is 0.235 e. The number of benzene rings is 6. The van der Waals surface area contributed by atoms with Crippen molar-refractivity contribution in [3.63, 3.8) is 0 Å². The molecule has 0 N–H and O–H groups in total. The zero-order chi connectivity index (χ0) is 31.3. The molecular formula is C42H28N4O. The highest BCUT2D eigenvalue weighted by Crippen LogP contribution is 2.57. The van der Waals surface area contributed by atoms with Crippen LogP contribution >= 0.6 is 0 Å². The molecule has 0 saturated carbocycles. The monoisotopic (exact) mass is 604 g/mol. The Bertz CT molecular complexity index is 2730. The molecule has 1 aliphatic rings. The molecule has 0 saturated heterocycles. The predicted octanol–water partition coefficient (Wildman–Crippen LogP) is 11.0. The Morgan fingerprint density at radius 1 is 0.617 bits per heavy atom. The van der Waals surface area contributed by atoms with Gasteiger partial charge in [0.25, 0.3) is 0 Å². The normalized spacial score (nSPS) is 13.9. The molecule has 6 aromatic carbocycles. The zero-order valence-corrected chi connectivity index (χ0v) is 25.9. The van der Waals surface area contributed by atoms with Crippen molar-refractivity contribution in [2.75, 3.05) is 4.90 Å². The molecule has 1 aliphatic heterocycles. The molecule has 0 radical (unpaired) electrons. The summed E-state index contributed by atoms with van der Waals surface area (Å²) in [7, 11) is 0. The number of para-hydroxylation sites is 2. The summed E-state index contributed by atoms with van der Waals surface area (Å²) in [4.78, 5) is 17.4. The van der Waals surface area contributed by atoms with E-state index in [0.29, 0.717) is 5.95 Å². The third kappa shape index (κ3) is 3.57. The number of hydrogen-bond acceptors (Lipinski definition) is 5. The van der Waals surface area contributed by atoms with E-state index in [1.807, 2.05) is 30.6 Å². The minimum atomic E-state index is -0.337. The third-order valence-electron chi connectivity index (χ3n) is 9.91. The second-order valence-electron chi connectivity index (χ2n) is 12.8. The Morgan fingerprint density at radius 2 is 1.32 bits per heavy atom. The van der Waals surface area contributed by atoms with Crippen LogP contribution in [0.25, 0.3) is 65.6 Å². The van der Waals surface area contributed by atoms with Crippen molar-refractivity contribution in [1.82, 2.24) is 15.0 Å². The summed E-state index contributed by atoms with van der Waals surface area (Å²) < 4.78 is 6.87. The molecular weight excluding hydrogens is 576 g/mol. The molecule has 47 heavy (non-hydrogen) atoms. The number of pyridine rings is 1. The molecule has 0 bridgehead atoms. The molecule has 222 valence electrons. The summed E-state index contributed by atoms with van der Waals surface area (Å²) in [5, 5.41) is 7.88. The van der Waals surface area contributed by atoms with Gasteiger partial charge in [-0.15, -0.1) is 0 Å². The van der Waals surface area contributed by atoms with Crippen LogP contribution in [0.2, 0.25) is 0 Å². The van der Waals surface area contributed by atoms with Crippen LogP contribution in [0.1, 0.15) is 25.0 Å². The largest absolute Gasteiger partial charge is 0.454 e. The second kappa shape index (κ2) is 9.47. The molecule has 0 aliphatic carbocycles. The van der Waals surface area contributed by atoms with Gasteiger partial charge in [0.05, 0.1) is 22.6 Å². The van der Waals surface area contributed by atoms with Crippen LogP contribution in [0.5, 0.6) is 0 Å². The molecule has 10 rings (SSSR count). The second-order valence-corrected chi connectivity index (χ2v) is 12.8. The van der Waals surface area contributed by atoms with Crippen LogP contribution in [0.4, 0.5) is 17.3 Å². The minimum Gasteiger partial charge on any atom is -0.454 e. The first-order valence-corrected chi connectivity index (χ1v) is 16.0. The smallest absolute Gasteiger partial charge is 0.235 e. The van der Waals surface area contributed by atoms with Gasteiger partial charge in [-0.05, 0) is 63.0 Å². The lowest BCUT2D eigenvalue weighted by molar-refractivity contribution is 0.628. The van der Waals surface area contributed by atoms with E-state index >= 15 is 0 Å². The standard InChI is InChI=1S/C42H28N4O/c1-42(2)31-16-8-9-17-33(31)46(39-37(42)29-14-6-5-13-28(29)35-30-15-7-10-18-34(30)47-40(35)39)41-44-32-20-19-25-11-3-4-12-27(25)36(32)38(45-41)26-21-23-43-24-22-26/h3-24H,1-2H3. The quantitative estimate of drug-likeness (QED) is 0.184. The van der Waals surface area contributed by atoms with Gasteiger partial charge in [-0.25, -0.2) is 9.97 Å². The molecule has 0 amide bonds. The van der Waals surface area contributed by atoms with Gasteiger partial charge in [-0.3, -0.25) is 9.88 Å². The van der Waals surface area contributed by atoms with Gasteiger partial charge in [0.15, 0.2) is 5.58 Å². The third-order valence-corrected chi connectivity index (χ3v) is 9.91. The SMILES string of the molecule is CC1(C)c2ccccc2N(c2nc(-c3ccncc3)c3c(ccc4ccccc43)n2)c2c1c1ccccc1c1c2oc2ccccc21. The molecule has 0 fully saturated rings. The Labute approximate surface area is 270 Å². The zero-order valence-electron chi connectivity index (χ0n) is 25.9. The fraction of sp³-hybridized carbons (Fsp3) is 0.0714. The molecule has 0 spiro atoms. The predicted molar refractivity (Wildman–Crippen MR) is 192 cm³/mol. The molecule has 5 nitrogen and oxygen atoms in total. The van der Waals surface area contributed by atoms with Crippen molar-refractivity contribution in [1.29, 1.82) is 0 Å². The van der Waals surface area contributed by atoms with Crippen LogP contribution in [0.15, 0.2) is 138 Å². The lowest BCUT2D eigenvalue weighted by Gasteiger charge is -2.41. The van der Waals surface area contributed by atoms with E-state index in [4.69, 9.17) is 14.4 Å². The fourth-order valence-electron chi connectivity index (χ4n) is 7.86. The Hall–Kier alpha value is -6.07. The maximum absolute atomic E-state index is 6.87. The average Bonchev–Trinajstić information content (AvgIpc) is 3.51. The summed E-state index contributed by atoms with van der Waals surface area (Å²) in [5.41, 5.74) is 8.55. The highest BCUT2D eigenvalue weighted by Gasteiger charge is 2.42. The molecule has 3 aromatic heterocycles. The molecule has 9 aromatic rings. The summed E-state index contributed by atoms with van der Waals surface area (Å²) in [6.45, 7) is 4.64. The first-order chi connectivity index (χ1) is 23.1. The molecule has 0 atom stereocenters. The van der Waals surface area contributed by atoms with E-state index < -0.39 is 0 Å². The molecule has 5 heteroatoms. The van der Waals surface area contributed by atoms with E-state index in [9.17, 15) is 0 Å². The van der Waals surface area contributed by atoms with Crippen LogP contribution in [-0.2, 0) is 5.41 Å². The highest BCUT2D eigenvalue weighted by atomic mass is 16.3. The van der Waals surface area contributed by atoms with E-state index in [-0.39, 0.29) is 5.41 Å². The number of hydrogen-bond donors (Lipinski definition) is 0. The van der Waals surface area contributed by atoms with Gasteiger partial charge in [0, 0.05) is 39.5 Å². The van der Waals surface area contributed by atoms with Crippen molar-refractivity contribution in [3.05, 3.63) is 145 Å². The van der Waals surface area contributed by atoms with E-state index in [1.165, 1.54) is 21.9 Å². The van der Waals surface area contributed by atoms with Crippen molar-refractivity contribution in [2.24, 2.45) is 0 Å². The minimum absolute atomic E-state index is 0.337. The van der Waals surface area contributed by atoms with Crippen LogP contribution in [0, 0.1) is 0 Å². The average molecular weight is 605 g/mol. The van der Waals surface area contributed by atoms with Crippen molar-refractivity contribution >= 4 is 71.7 Å². The van der Waals surface area contributed by atoms with Crippen LogP contribution in [-0.4, -0.2) is 15.0 Å². The summed E-state index contributed by atoms with van der Waals surface area (Å²) in [6.07, 6.45) is 3.65. The lowest BCUT2D eigenvalue weighted by atomic mass is 9.71. The molecule has 0 unspecified atom stereocenters. The summed E-state index contributed by atoms with van der Waals surface area (Å²) in [5.74, 6) is 0.598. The van der Waals surface area contributed by atoms with Crippen LogP contribution < -0.4 is 4.90 Å². The van der Waals surface area contributed by atoms with E-state index in [1.54, 1.807) is 0 Å². The topological polar surface area (TPSA) is 55.1 Å². The number of fused-ring (bicyclic) bond motifs is 12. The number of anilines is 3. The highest BCUT2D eigenvalue weighted by molar-refractivity contribution is 6.25. The Kier molecular flexibility index (Phi) is 5.28. The van der Waals surface area contributed by atoms with Crippen molar-refractivity contribution in [3.8, 4) is 11.3 Å². The number of aromatic nitrogens is 3. The van der Waals surface area contributed by atoms with E-state index in [2.05, 4.69) is 127 Å². The number of rotatable bonds is 2. The maximum atomic E-state index is 6.87. The first-order valence-electron chi connectivity index (χ1n) is 16.0. The fourth-order valence-corrected chi connectivity index (χ4v) is 7.86. The first kappa shape index (κ1) is 26.2. The Balaban J connectivity index is 1.40. The lowest BCUT2D eigenvalue weighted by Crippen LogP contribution is -2.32. The van der Waals surface area contributed by atoms with Gasteiger partial charge >= 0.3 is 0 Å². The molecule has 4 heterocycles. The Morgan fingerprint density at radius 3 is 2.17 bits per heavy atom. The van der Waals surface area contributed by atoms with Gasteiger partial charge in [0.2, 0.25) is 5.95 Å². The van der Waals surface area contributed by atoms with Crippen molar-refractivity contribution in [2.45, 2.75) is 19.3 Å². The summed E-state index contributed by atoms with van der Waals surface area (Å²) in [6, 6.07) is 42.5. The number of furan rings is 1. The number of nitrogens with zero attached hydrogens (tertiary/aromatic N) is 4. The van der Waals surface area contributed by atoms with Gasteiger partial charge in [-0.2, -0.15) is 0 Å².